The van der Waals surface area contributed by atoms with Crippen molar-refractivity contribution in [3.8, 4) is 11.4 Å². The summed E-state index contributed by atoms with van der Waals surface area (Å²) in [6.45, 7) is 2.04. The Morgan fingerprint density at radius 2 is 2.11 bits per heavy atom. The van der Waals surface area contributed by atoms with Crippen LogP contribution in [0.5, 0.6) is 0 Å². The van der Waals surface area contributed by atoms with Crippen molar-refractivity contribution >= 4 is 21.6 Å². The Labute approximate surface area is 107 Å². The summed E-state index contributed by atoms with van der Waals surface area (Å²) in [7, 11) is 0. The van der Waals surface area contributed by atoms with E-state index in [2.05, 4.69) is 15.0 Å². The first-order valence-corrected chi connectivity index (χ1v) is 6.58. The van der Waals surface area contributed by atoms with Crippen LogP contribution in [0, 0.1) is 0 Å². The van der Waals surface area contributed by atoms with Crippen molar-refractivity contribution in [3.63, 3.8) is 0 Å². The van der Waals surface area contributed by atoms with Crippen molar-refractivity contribution in [2.24, 2.45) is 0 Å². The number of aromatic amines is 1. The number of aryl methyl sites for hydroxylation is 1. The molecule has 0 unspecified atom stereocenters. The SMILES string of the molecule is CCc1csc2nc(-c3ccncc3)[nH]c(=O)c12. The van der Waals surface area contributed by atoms with Crippen LogP contribution in [0.1, 0.15) is 12.5 Å². The van der Waals surface area contributed by atoms with E-state index in [1.54, 1.807) is 12.4 Å². The molecule has 0 radical (unpaired) electrons. The molecule has 0 saturated heterocycles. The monoisotopic (exact) mass is 257 g/mol. The third kappa shape index (κ3) is 1.73. The van der Waals surface area contributed by atoms with E-state index in [0.29, 0.717) is 5.82 Å². The van der Waals surface area contributed by atoms with Gasteiger partial charge >= 0.3 is 0 Å². The fourth-order valence-corrected chi connectivity index (χ4v) is 2.94. The van der Waals surface area contributed by atoms with E-state index in [4.69, 9.17) is 0 Å². The van der Waals surface area contributed by atoms with Gasteiger partial charge in [0.2, 0.25) is 0 Å². The van der Waals surface area contributed by atoms with E-state index in [1.807, 2.05) is 24.4 Å². The summed E-state index contributed by atoms with van der Waals surface area (Å²) in [5.41, 5.74) is 1.87. The van der Waals surface area contributed by atoms with Gasteiger partial charge < -0.3 is 4.98 Å². The number of H-pyrrole nitrogens is 1. The lowest BCUT2D eigenvalue weighted by Gasteiger charge is -2.00. The van der Waals surface area contributed by atoms with Crippen LogP contribution < -0.4 is 5.56 Å². The molecule has 0 aliphatic heterocycles. The number of thiophene rings is 1. The number of hydrogen-bond donors (Lipinski definition) is 1. The zero-order valence-corrected chi connectivity index (χ0v) is 10.6. The zero-order valence-electron chi connectivity index (χ0n) is 9.80. The quantitative estimate of drug-likeness (QED) is 0.767. The predicted octanol–water partition coefficient (Wildman–Crippen LogP) is 2.61. The van der Waals surface area contributed by atoms with Crippen LogP contribution in [-0.2, 0) is 6.42 Å². The Bertz CT molecular complexity index is 746. The Balaban J connectivity index is 2.26. The number of nitrogens with zero attached hydrogens (tertiary/aromatic N) is 2. The number of hydrogen-bond acceptors (Lipinski definition) is 4. The number of fused-ring (bicyclic) bond motifs is 1. The molecule has 3 rings (SSSR count). The second-order valence-electron chi connectivity index (χ2n) is 3.95. The normalized spacial score (nSPS) is 10.9. The van der Waals surface area contributed by atoms with Gasteiger partial charge in [0.1, 0.15) is 10.7 Å². The predicted molar refractivity (Wildman–Crippen MR) is 72.8 cm³/mol. The lowest BCUT2D eigenvalue weighted by molar-refractivity contribution is 1.14. The third-order valence-electron chi connectivity index (χ3n) is 2.85. The summed E-state index contributed by atoms with van der Waals surface area (Å²) >= 11 is 1.51. The summed E-state index contributed by atoms with van der Waals surface area (Å²) in [4.78, 5) is 24.2. The van der Waals surface area contributed by atoms with Gasteiger partial charge in [-0.15, -0.1) is 11.3 Å². The molecule has 4 nitrogen and oxygen atoms in total. The Hall–Kier alpha value is -2.01. The summed E-state index contributed by atoms with van der Waals surface area (Å²) in [5.74, 6) is 0.597. The molecule has 3 heterocycles. The Morgan fingerprint density at radius 3 is 2.83 bits per heavy atom. The third-order valence-corrected chi connectivity index (χ3v) is 3.78. The minimum Gasteiger partial charge on any atom is -0.306 e. The van der Waals surface area contributed by atoms with Gasteiger partial charge in [0, 0.05) is 18.0 Å². The van der Waals surface area contributed by atoms with Gasteiger partial charge in [0.05, 0.1) is 5.39 Å². The van der Waals surface area contributed by atoms with Gasteiger partial charge in [-0.05, 0) is 29.5 Å². The highest BCUT2D eigenvalue weighted by molar-refractivity contribution is 7.16. The molecule has 1 N–H and O–H groups in total. The highest BCUT2D eigenvalue weighted by Crippen LogP contribution is 2.23. The van der Waals surface area contributed by atoms with Crippen LogP contribution >= 0.6 is 11.3 Å². The van der Waals surface area contributed by atoms with Gasteiger partial charge in [-0.2, -0.15) is 0 Å². The number of rotatable bonds is 2. The Morgan fingerprint density at radius 1 is 1.33 bits per heavy atom. The number of aromatic nitrogens is 3. The summed E-state index contributed by atoms with van der Waals surface area (Å²) in [6.07, 6.45) is 4.22. The molecule has 0 aromatic carbocycles. The first kappa shape index (κ1) is 11.1. The zero-order chi connectivity index (χ0) is 12.5. The molecule has 5 heteroatoms. The molecule has 0 spiro atoms. The number of nitrogens with one attached hydrogen (secondary N) is 1. The molecule has 0 amide bonds. The summed E-state index contributed by atoms with van der Waals surface area (Å²) in [5, 5.41) is 2.73. The molecule has 0 saturated carbocycles. The van der Waals surface area contributed by atoms with Crippen molar-refractivity contribution < 1.29 is 0 Å². The first-order valence-electron chi connectivity index (χ1n) is 5.70. The van der Waals surface area contributed by atoms with Gasteiger partial charge in [0.25, 0.3) is 5.56 Å². The molecule has 18 heavy (non-hydrogen) atoms. The molecular formula is C13H11N3OS. The molecular weight excluding hydrogens is 246 g/mol. The highest BCUT2D eigenvalue weighted by Gasteiger charge is 2.10. The van der Waals surface area contributed by atoms with Gasteiger partial charge in [-0.25, -0.2) is 4.98 Å². The molecule has 0 fully saturated rings. The van der Waals surface area contributed by atoms with E-state index in [9.17, 15) is 4.79 Å². The van der Waals surface area contributed by atoms with Gasteiger partial charge in [-0.1, -0.05) is 6.92 Å². The topological polar surface area (TPSA) is 58.6 Å². The van der Waals surface area contributed by atoms with Crippen molar-refractivity contribution in [3.05, 3.63) is 45.8 Å². The van der Waals surface area contributed by atoms with Crippen molar-refractivity contribution in [2.75, 3.05) is 0 Å². The summed E-state index contributed by atoms with van der Waals surface area (Å²) < 4.78 is 0. The standard InChI is InChI=1S/C13H11N3OS/c1-2-8-7-18-13-10(8)12(17)15-11(16-13)9-3-5-14-6-4-9/h3-7H,2H2,1H3,(H,15,16,17). The van der Waals surface area contributed by atoms with Crippen LogP contribution in [0.2, 0.25) is 0 Å². The van der Waals surface area contributed by atoms with Crippen LogP contribution in [0.25, 0.3) is 21.6 Å². The van der Waals surface area contributed by atoms with E-state index >= 15 is 0 Å². The van der Waals surface area contributed by atoms with E-state index in [0.717, 1.165) is 27.8 Å². The average molecular weight is 257 g/mol. The van der Waals surface area contributed by atoms with Crippen molar-refractivity contribution in [1.82, 2.24) is 15.0 Å². The first-order chi connectivity index (χ1) is 8.79. The maximum absolute atomic E-state index is 12.1. The molecule has 90 valence electrons. The maximum atomic E-state index is 12.1. The fourth-order valence-electron chi connectivity index (χ4n) is 1.91. The van der Waals surface area contributed by atoms with Crippen molar-refractivity contribution in [1.29, 1.82) is 0 Å². The van der Waals surface area contributed by atoms with Crippen LogP contribution in [0.15, 0.2) is 34.7 Å². The molecule has 0 atom stereocenters. The van der Waals surface area contributed by atoms with E-state index in [-0.39, 0.29) is 5.56 Å². The maximum Gasteiger partial charge on any atom is 0.260 e. The van der Waals surface area contributed by atoms with Crippen molar-refractivity contribution in [2.45, 2.75) is 13.3 Å². The van der Waals surface area contributed by atoms with E-state index in [1.165, 1.54) is 11.3 Å². The lowest BCUT2D eigenvalue weighted by atomic mass is 10.2. The second-order valence-corrected chi connectivity index (χ2v) is 4.80. The Kier molecular flexibility index (Phi) is 2.68. The molecule has 3 aromatic rings. The minimum atomic E-state index is -0.0649. The van der Waals surface area contributed by atoms with Crippen LogP contribution in [0.4, 0.5) is 0 Å². The molecule has 3 aromatic heterocycles. The minimum absolute atomic E-state index is 0.0649. The van der Waals surface area contributed by atoms with Crippen LogP contribution in [-0.4, -0.2) is 15.0 Å². The van der Waals surface area contributed by atoms with Crippen LogP contribution in [0.3, 0.4) is 0 Å². The molecule has 0 aliphatic rings. The average Bonchev–Trinajstić information content (AvgIpc) is 2.83. The van der Waals surface area contributed by atoms with Gasteiger partial charge in [-0.3, -0.25) is 9.78 Å². The van der Waals surface area contributed by atoms with Gasteiger partial charge in [0.15, 0.2) is 0 Å². The lowest BCUT2D eigenvalue weighted by Crippen LogP contribution is -2.09. The number of pyridine rings is 1. The van der Waals surface area contributed by atoms with E-state index < -0.39 is 0 Å². The molecule has 0 bridgehead atoms. The highest BCUT2D eigenvalue weighted by atomic mass is 32.1. The summed E-state index contributed by atoms with van der Waals surface area (Å²) in [6, 6.07) is 3.66. The second kappa shape index (κ2) is 4.34. The fraction of sp³-hybridized carbons (Fsp3) is 0.154. The largest absolute Gasteiger partial charge is 0.306 e. The smallest absolute Gasteiger partial charge is 0.260 e. The molecule has 0 aliphatic carbocycles.